The Morgan fingerprint density at radius 2 is 1.71 bits per heavy atom. The molecule has 8 heteroatoms. The summed E-state index contributed by atoms with van der Waals surface area (Å²) in [6.45, 7) is 3.33. The normalized spacial score (nSPS) is 14.8. The summed E-state index contributed by atoms with van der Waals surface area (Å²) in [5.41, 5.74) is 7.10. The number of carbonyl (C=O) groups excluding carboxylic acids is 2. The topological polar surface area (TPSA) is 85.9 Å². The zero-order valence-corrected chi connectivity index (χ0v) is 22.6. The molecule has 200 valence electrons. The van der Waals surface area contributed by atoms with Crippen LogP contribution in [0.2, 0.25) is 0 Å². The molecule has 1 atom stereocenters. The van der Waals surface area contributed by atoms with E-state index < -0.39 is 5.25 Å². The number of hydrogen-bond donors (Lipinski definition) is 2. The molecule has 1 aliphatic heterocycles. The van der Waals surface area contributed by atoms with Crippen LogP contribution >= 0.6 is 11.8 Å². The molecule has 38 heavy (non-hydrogen) atoms. The van der Waals surface area contributed by atoms with E-state index in [1.807, 2.05) is 42.5 Å². The maximum Gasteiger partial charge on any atom is 0.286 e. The molecule has 1 saturated heterocycles. The van der Waals surface area contributed by atoms with Crippen LogP contribution < -0.4 is 25.1 Å². The second-order valence-corrected chi connectivity index (χ2v) is 10.1. The maximum atomic E-state index is 11.9. The van der Waals surface area contributed by atoms with Gasteiger partial charge in [-0.3, -0.25) is 14.9 Å². The molecule has 3 aromatic carbocycles. The van der Waals surface area contributed by atoms with E-state index in [1.54, 1.807) is 7.05 Å². The van der Waals surface area contributed by atoms with Crippen molar-refractivity contribution < 1.29 is 23.9 Å². The largest absolute Gasteiger partial charge is 0.494 e. The third kappa shape index (κ3) is 7.52. The number of hydrogen-bond acceptors (Lipinski definition) is 7. The molecule has 3 aromatic rings. The predicted octanol–water partition coefficient (Wildman–Crippen LogP) is 6.01. The third-order valence-corrected chi connectivity index (χ3v) is 7.18. The second kappa shape index (κ2) is 13.9. The number of nitrogens with one attached hydrogen (secondary N) is 2. The van der Waals surface area contributed by atoms with Crippen LogP contribution in [0.4, 0.5) is 4.79 Å². The predicted molar refractivity (Wildman–Crippen MR) is 150 cm³/mol. The van der Waals surface area contributed by atoms with Crippen LogP contribution in [0.1, 0.15) is 53.7 Å². The number of carbonyl (C=O) groups is 2. The van der Waals surface area contributed by atoms with E-state index >= 15 is 0 Å². The van der Waals surface area contributed by atoms with Crippen molar-refractivity contribution in [3.8, 4) is 17.2 Å². The number of thioether (sulfide) groups is 1. The van der Waals surface area contributed by atoms with Crippen molar-refractivity contribution in [2.45, 2.75) is 44.3 Å². The lowest BCUT2D eigenvalue weighted by atomic mass is 9.99. The number of para-hydroxylation sites is 1. The van der Waals surface area contributed by atoms with E-state index in [4.69, 9.17) is 14.3 Å². The summed E-state index contributed by atoms with van der Waals surface area (Å²) in [6.07, 6.45) is 4.48. The molecule has 0 spiro atoms. The average molecular weight is 535 g/mol. The average Bonchev–Trinajstić information content (AvgIpc) is 3.26. The van der Waals surface area contributed by atoms with E-state index in [0.29, 0.717) is 19.0 Å². The fraction of sp³-hybridized carbons (Fsp3) is 0.333. The second-order valence-electron chi connectivity index (χ2n) is 9.03. The molecule has 1 fully saturated rings. The number of amides is 2. The Balaban J connectivity index is 1.25. The summed E-state index contributed by atoms with van der Waals surface area (Å²) >= 11 is 0.997. The Labute approximate surface area is 228 Å². The first kappa shape index (κ1) is 27.5. The van der Waals surface area contributed by atoms with Gasteiger partial charge in [-0.05, 0) is 72.0 Å². The molecule has 1 aliphatic rings. The van der Waals surface area contributed by atoms with Gasteiger partial charge in [-0.25, -0.2) is 0 Å². The minimum absolute atomic E-state index is 0.280. The molecule has 1 unspecified atom stereocenters. The van der Waals surface area contributed by atoms with Gasteiger partial charge in [-0.15, -0.1) is 0 Å². The van der Waals surface area contributed by atoms with Gasteiger partial charge in [0.25, 0.3) is 5.24 Å². The van der Waals surface area contributed by atoms with Crippen LogP contribution in [-0.4, -0.2) is 31.4 Å². The van der Waals surface area contributed by atoms with Crippen LogP contribution in [0, 0.1) is 0 Å². The highest BCUT2D eigenvalue weighted by Crippen LogP contribution is 2.35. The third-order valence-electron chi connectivity index (χ3n) is 6.14. The monoisotopic (exact) mass is 534 g/mol. The highest BCUT2D eigenvalue weighted by atomic mass is 32.2. The van der Waals surface area contributed by atoms with Crippen LogP contribution in [0.3, 0.4) is 0 Å². The van der Waals surface area contributed by atoms with Gasteiger partial charge >= 0.3 is 0 Å². The Bertz CT molecular complexity index is 1250. The van der Waals surface area contributed by atoms with Gasteiger partial charge in [0.2, 0.25) is 5.91 Å². The molecule has 0 aromatic heterocycles. The maximum absolute atomic E-state index is 11.9. The van der Waals surface area contributed by atoms with E-state index in [0.717, 1.165) is 66.5 Å². The fourth-order valence-electron chi connectivity index (χ4n) is 4.35. The van der Waals surface area contributed by atoms with Crippen LogP contribution in [0.15, 0.2) is 66.7 Å². The van der Waals surface area contributed by atoms with Gasteiger partial charge < -0.3 is 14.3 Å². The minimum Gasteiger partial charge on any atom is -0.494 e. The van der Waals surface area contributed by atoms with Gasteiger partial charge in [-0.2, -0.15) is 5.48 Å². The van der Waals surface area contributed by atoms with Crippen molar-refractivity contribution >= 4 is 22.9 Å². The van der Waals surface area contributed by atoms with Crippen LogP contribution in [-0.2, 0) is 17.6 Å². The van der Waals surface area contributed by atoms with E-state index in [9.17, 15) is 9.59 Å². The molecule has 1 heterocycles. The summed E-state index contributed by atoms with van der Waals surface area (Å²) in [5, 5.41) is 1.49. The standard InChI is InChI=1S/C30H34N2O5S/c1-3-9-22-18-21(19-23-10-4-5-13-27(23)37-31-2)14-15-26(22)36-17-7-6-16-35-25-12-8-11-24(20-25)28-29(33)32-30(34)38-28/h4-5,8,10-15,18,20,28,31H,3,6-7,9,16-17,19H2,1-2H3,(H,32,33,34). The van der Waals surface area contributed by atoms with Crippen molar-refractivity contribution in [1.29, 1.82) is 0 Å². The summed E-state index contributed by atoms with van der Waals surface area (Å²) < 4.78 is 12.0. The van der Waals surface area contributed by atoms with Crippen molar-refractivity contribution in [2.75, 3.05) is 20.3 Å². The van der Waals surface area contributed by atoms with Crippen molar-refractivity contribution in [3.63, 3.8) is 0 Å². The highest BCUT2D eigenvalue weighted by molar-refractivity contribution is 8.15. The first-order chi connectivity index (χ1) is 18.6. The van der Waals surface area contributed by atoms with E-state index in [-0.39, 0.29) is 11.1 Å². The molecule has 4 rings (SSSR count). The van der Waals surface area contributed by atoms with E-state index in [1.165, 1.54) is 11.1 Å². The van der Waals surface area contributed by atoms with Gasteiger partial charge in [0.15, 0.2) is 5.75 Å². The fourth-order valence-corrected chi connectivity index (χ4v) is 5.17. The minimum atomic E-state index is -0.514. The smallest absolute Gasteiger partial charge is 0.286 e. The number of unbranched alkanes of at least 4 members (excludes halogenated alkanes) is 1. The first-order valence-electron chi connectivity index (χ1n) is 13.0. The Morgan fingerprint density at radius 1 is 0.895 bits per heavy atom. The van der Waals surface area contributed by atoms with Crippen molar-refractivity contribution in [2.24, 2.45) is 0 Å². The number of ether oxygens (including phenoxy) is 2. The molecule has 0 bridgehead atoms. The molecule has 0 radical (unpaired) electrons. The summed E-state index contributed by atoms with van der Waals surface area (Å²) in [6, 6.07) is 21.8. The Kier molecular flexibility index (Phi) is 10.1. The highest BCUT2D eigenvalue weighted by Gasteiger charge is 2.33. The van der Waals surface area contributed by atoms with E-state index in [2.05, 4.69) is 42.0 Å². The van der Waals surface area contributed by atoms with Crippen LogP contribution in [0.5, 0.6) is 17.2 Å². The Hall–Kier alpha value is -3.49. The molecular weight excluding hydrogens is 500 g/mol. The zero-order chi connectivity index (χ0) is 26.7. The lowest BCUT2D eigenvalue weighted by Crippen LogP contribution is -2.20. The summed E-state index contributed by atoms with van der Waals surface area (Å²) in [7, 11) is 1.76. The molecule has 0 aliphatic carbocycles. The van der Waals surface area contributed by atoms with Crippen LogP contribution in [0.25, 0.3) is 0 Å². The lowest BCUT2D eigenvalue weighted by molar-refractivity contribution is -0.119. The van der Waals surface area contributed by atoms with Crippen molar-refractivity contribution in [1.82, 2.24) is 10.8 Å². The molecule has 7 nitrogen and oxygen atoms in total. The number of rotatable bonds is 14. The van der Waals surface area contributed by atoms with Gasteiger partial charge in [0.05, 0.1) is 13.2 Å². The number of hydroxylamine groups is 1. The SMILES string of the molecule is CCCc1cc(Cc2ccccc2ONC)ccc1OCCCCOc1cccc(C2SC(=O)NC2=O)c1. The molecule has 2 amide bonds. The molecular formula is C30H34N2O5S. The zero-order valence-electron chi connectivity index (χ0n) is 21.8. The first-order valence-corrected chi connectivity index (χ1v) is 13.9. The lowest BCUT2D eigenvalue weighted by Gasteiger charge is -2.14. The summed E-state index contributed by atoms with van der Waals surface area (Å²) in [5.74, 6) is 2.18. The van der Waals surface area contributed by atoms with Gasteiger partial charge in [0.1, 0.15) is 16.7 Å². The molecule has 2 N–H and O–H groups in total. The number of imide groups is 1. The Morgan fingerprint density at radius 3 is 2.47 bits per heavy atom. The van der Waals surface area contributed by atoms with Gasteiger partial charge in [0, 0.05) is 19.0 Å². The quantitative estimate of drug-likeness (QED) is 0.194. The van der Waals surface area contributed by atoms with Gasteiger partial charge in [-0.1, -0.05) is 55.8 Å². The summed E-state index contributed by atoms with van der Waals surface area (Å²) in [4.78, 5) is 28.9. The molecule has 0 saturated carbocycles. The van der Waals surface area contributed by atoms with Crippen molar-refractivity contribution in [3.05, 3.63) is 89.0 Å². The number of aryl methyl sites for hydroxylation is 1. The number of benzene rings is 3.